The topological polar surface area (TPSA) is 71.5 Å². The van der Waals surface area contributed by atoms with Gasteiger partial charge >= 0.3 is 5.97 Å². The lowest BCUT2D eigenvalue weighted by Crippen LogP contribution is -2.35. The number of ether oxygens (including phenoxy) is 1. The molecule has 1 aromatic rings. The molecule has 5 nitrogen and oxygen atoms in total. The number of anilines is 1. The fraction of sp³-hybridized carbons (Fsp3) is 0.600. The molecule has 0 saturated heterocycles. The summed E-state index contributed by atoms with van der Waals surface area (Å²) in [6.45, 7) is 0.920. The van der Waals surface area contributed by atoms with Crippen molar-refractivity contribution < 1.29 is 14.6 Å². The predicted molar refractivity (Wildman–Crippen MR) is 76.7 cm³/mol. The van der Waals surface area contributed by atoms with Crippen molar-refractivity contribution in [2.75, 3.05) is 25.6 Å². The Morgan fingerprint density at radius 3 is 2.85 bits per heavy atom. The van der Waals surface area contributed by atoms with Gasteiger partial charge in [0.2, 0.25) is 0 Å². The summed E-state index contributed by atoms with van der Waals surface area (Å²) in [6.07, 6.45) is 7.28. The summed E-state index contributed by atoms with van der Waals surface area (Å²) in [4.78, 5) is 15.4. The van der Waals surface area contributed by atoms with Crippen LogP contribution in [-0.2, 0) is 4.74 Å². The lowest BCUT2D eigenvalue weighted by atomic mass is 9.74. The highest BCUT2D eigenvalue weighted by Gasteiger charge is 2.31. The van der Waals surface area contributed by atoms with Crippen molar-refractivity contribution in [1.82, 2.24) is 4.98 Å². The monoisotopic (exact) mass is 278 g/mol. The molecular weight excluding hydrogens is 256 g/mol. The Bertz CT molecular complexity index is 456. The molecule has 0 unspecified atom stereocenters. The first kappa shape index (κ1) is 14.8. The molecule has 2 rings (SSSR count). The van der Waals surface area contributed by atoms with Crippen LogP contribution in [0.2, 0.25) is 0 Å². The van der Waals surface area contributed by atoms with Crippen LogP contribution in [0.4, 0.5) is 5.69 Å². The highest BCUT2D eigenvalue weighted by Crippen LogP contribution is 2.35. The van der Waals surface area contributed by atoms with Gasteiger partial charge in [0.1, 0.15) is 5.69 Å². The third kappa shape index (κ3) is 3.48. The molecule has 0 bridgehead atoms. The van der Waals surface area contributed by atoms with Crippen molar-refractivity contribution in [3.63, 3.8) is 0 Å². The minimum atomic E-state index is -0.441. The van der Waals surface area contributed by atoms with E-state index in [0.717, 1.165) is 18.5 Å². The van der Waals surface area contributed by atoms with E-state index in [1.165, 1.54) is 26.4 Å². The molecule has 110 valence electrons. The number of methoxy groups -OCH3 is 1. The summed E-state index contributed by atoms with van der Waals surface area (Å²) in [7, 11) is 1.34. The van der Waals surface area contributed by atoms with Gasteiger partial charge in [-0.2, -0.15) is 0 Å². The van der Waals surface area contributed by atoms with Gasteiger partial charge in [-0.05, 0) is 25.0 Å². The van der Waals surface area contributed by atoms with E-state index in [2.05, 4.69) is 15.0 Å². The lowest BCUT2D eigenvalue weighted by Gasteiger charge is -2.36. The standard InChI is InChI=1S/C15H22N2O3/c1-20-14(19)13-9-12(5-8-16-13)17-10-15(11-18)6-3-2-4-7-15/h5,8-9,18H,2-4,6-7,10-11H2,1H3,(H,16,17). The second-order valence-corrected chi connectivity index (χ2v) is 5.49. The number of aliphatic hydroxyl groups excluding tert-OH is 1. The van der Waals surface area contributed by atoms with Gasteiger partial charge < -0.3 is 15.2 Å². The summed E-state index contributed by atoms with van der Waals surface area (Å²) < 4.78 is 4.66. The summed E-state index contributed by atoms with van der Waals surface area (Å²) in [5.74, 6) is -0.441. The summed E-state index contributed by atoms with van der Waals surface area (Å²) in [5, 5.41) is 13.0. The van der Waals surface area contributed by atoms with Crippen LogP contribution in [0, 0.1) is 5.41 Å². The van der Waals surface area contributed by atoms with Crippen molar-refractivity contribution in [1.29, 1.82) is 0 Å². The Morgan fingerprint density at radius 2 is 2.20 bits per heavy atom. The van der Waals surface area contributed by atoms with Crippen molar-refractivity contribution in [3.8, 4) is 0 Å². The third-order valence-electron chi connectivity index (χ3n) is 4.07. The van der Waals surface area contributed by atoms with E-state index in [1.54, 1.807) is 12.3 Å². The first-order valence-electron chi connectivity index (χ1n) is 7.08. The van der Waals surface area contributed by atoms with Crippen LogP contribution in [0.25, 0.3) is 0 Å². The number of hydrogen-bond donors (Lipinski definition) is 2. The Labute approximate surface area is 119 Å². The molecule has 1 fully saturated rings. The normalized spacial score (nSPS) is 17.5. The first-order valence-corrected chi connectivity index (χ1v) is 7.08. The highest BCUT2D eigenvalue weighted by atomic mass is 16.5. The fourth-order valence-corrected chi connectivity index (χ4v) is 2.74. The van der Waals surface area contributed by atoms with Gasteiger partial charge in [0.05, 0.1) is 13.7 Å². The minimum Gasteiger partial charge on any atom is -0.464 e. The maximum Gasteiger partial charge on any atom is 0.356 e. The molecular formula is C15H22N2O3. The summed E-state index contributed by atoms with van der Waals surface area (Å²) in [5.41, 5.74) is 1.09. The molecule has 0 radical (unpaired) electrons. The molecule has 1 heterocycles. The number of carbonyl (C=O) groups is 1. The van der Waals surface area contributed by atoms with Crippen molar-refractivity contribution in [2.24, 2.45) is 5.41 Å². The number of rotatable bonds is 5. The van der Waals surface area contributed by atoms with Crippen LogP contribution in [0.3, 0.4) is 0 Å². The SMILES string of the molecule is COC(=O)c1cc(NCC2(CO)CCCCC2)ccn1. The van der Waals surface area contributed by atoms with Crippen LogP contribution < -0.4 is 5.32 Å². The van der Waals surface area contributed by atoms with Crippen LogP contribution >= 0.6 is 0 Å². The van der Waals surface area contributed by atoms with E-state index in [1.807, 2.05) is 6.07 Å². The van der Waals surface area contributed by atoms with Crippen LogP contribution in [0.5, 0.6) is 0 Å². The van der Waals surface area contributed by atoms with Gasteiger partial charge in [-0.15, -0.1) is 0 Å². The number of aliphatic hydroxyl groups is 1. The molecule has 0 amide bonds. The molecule has 1 aliphatic rings. The largest absolute Gasteiger partial charge is 0.464 e. The number of pyridine rings is 1. The van der Waals surface area contributed by atoms with E-state index in [9.17, 15) is 9.90 Å². The molecule has 20 heavy (non-hydrogen) atoms. The second-order valence-electron chi connectivity index (χ2n) is 5.49. The molecule has 0 aromatic carbocycles. The van der Waals surface area contributed by atoms with Crippen LogP contribution in [0.15, 0.2) is 18.3 Å². The second kappa shape index (κ2) is 6.70. The number of aromatic nitrogens is 1. The molecule has 1 saturated carbocycles. The van der Waals surface area contributed by atoms with Gasteiger partial charge in [-0.3, -0.25) is 0 Å². The van der Waals surface area contributed by atoms with Gasteiger partial charge in [-0.25, -0.2) is 9.78 Å². The number of esters is 1. The van der Waals surface area contributed by atoms with E-state index in [0.29, 0.717) is 12.2 Å². The number of carbonyl (C=O) groups excluding carboxylic acids is 1. The molecule has 0 atom stereocenters. The zero-order valence-electron chi connectivity index (χ0n) is 11.9. The Kier molecular flexibility index (Phi) is 4.95. The average Bonchev–Trinajstić information content (AvgIpc) is 2.53. The Hall–Kier alpha value is -1.62. The summed E-state index contributed by atoms with van der Waals surface area (Å²) >= 11 is 0. The zero-order chi connectivity index (χ0) is 14.4. The summed E-state index contributed by atoms with van der Waals surface area (Å²) in [6, 6.07) is 3.50. The zero-order valence-corrected chi connectivity index (χ0v) is 11.9. The van der Waals surface area contributed by atoms with Gasteiger partial charge in [-0.1, -0.05) is 19.3 Å². The van der Waals surface area contributed by atoms with Gasteiger partial charge in [0.15, 0.2) is 0 Å². The predicted octanol–water partition coefficient (Wildman–Crippen LogP) is 2.22. The van der Waals surface area contributed by atoms with E-state index < -0.39 is 5.97 Å². The molecule has 1 aliphatic carbocycles. The highest BCUT2D eigenvalue weighted by molar-refractivity contribution is 5.88. The Balaban J connectivity index is 2.01. The number of nitrogens with zero attached hydrogens (tertiary/aromatic N) is 1. The molecule has 0 spiro atoms. The van der Waals surface area contributed by atoms with E-state index in [4.69, 9.17) is 0 Å². The van der Waals surface area contributed by atoms with Crippen molar-refractivity contribution >= 4 is 11.7 Å². The van der Waals surface area contributed by atoms with Crippen LogP contribution in [-0.4, -0.2) is 36.3 Å². The molecule has 1 aromatic heterocycles. The molecule has 2 N–H and O–H groups in total. The van der Waals surface area contributed by atoms with Gasteiger partial charge in [0, 0.05) is 23.8 Å². The minimum absolute atomic E-state index is 0.0348. The Morgan fingerprint density at radius 1 is 1.45 bits per heavy atom. The first-order chi connectivity index (χ1) is 9.69. The van der Waals surface area contributed by atoms with E-state index in [-0.39, 0.29) is 12.0 Å². The quantitative estimate of drug-likeness (QED) is 0.808. The number of hydrogen-bond acceptors (Lipinski definition) is 5. The average molecular weight is 278 g/mol. The van der Waals surface area contributed by atoms with Crippen LogP contribution in [0.1, 0.15) is 42.6 Å². The number of nitrogens with one attached hydrogen (secondary N) is 1. The maximum atomic E-state index is 11.4. The smallest absolute Gasteiger partial charge is 0.356 e. The maximum absolute atomic E-state index is 11.4. The lowest BCUT2D eigenvalue weighted by molar-refractivity contribution is 0.0594. The molecule has 0 aliphatic heterocycles. The molecule has 5 heteroatoms. The van der Waals surface area contributed by atoms with Gasteiger partial charge in [0.25, 0.3) is 0 Å². The van der Waals surface area contributed by atoms with Crippen molar-refractivity contribution in [2.45, 2.75) is 32.1 Å². The fourth-order valence-electron chi connectivity index (χ4n) is 2.74. The van der Waals surface area contributed by atoms with E-state index >= 15 is 0 Å². The third-order valence-corrected chi connectivity index (χ3v) is 4.07. The van der Waals surface area contributed by atoms with Crippen molar-refractivity contribution in [3.05, 3.63) is 24.0 Å².